The molecule has 0 atom stereocenters. The van der Waals surface area contributed by atoms with Gasteiger partial charge in [0.05, 0.1) is 54.0 Å². The number of hydrogen-bond donors (Lipinski definition) is 0. The van der Waals surface area contributed by atoms with Crippen molar-refractivity contribution in [3.8, 4) is 123 Å². The molecule has 2 aliphatic heterocycles. The van der Waals surface area contributed by atoms with Gasteiger partial charge in [0.2, 0.25) is 0 Å². The molecule has 578 valence electrons. The predicted molar refractivity (Wildman–Crippen MR) is 522 cm³/mol. The van der Waals surface area contributed by atoms with Crippen molar-refractivity contribution < 1.29 is 20.6 Å². The standard InChI is InChI=1S/C118H83BN4/c1-118(2,3)94-74-103(87-59-55-83(56-60-87)78-33-11-4-12-34-78)117(104(75-94)88-61-57-84(58-62-88)79-35-13-5-14-36-79)123-112-77-96(121-109-53-31-27-49-99(109)100-50-28-32-54-110(100)121)64-66-106(112)119-105-65-63-95(120-107-51-29-25-47-97(107)98-48-26-30-52-108(98)120)76-111(105)122(116-101(85-43-21-9-22-44-85)70-92(82-41-19-8-20-42-82)71-102(116)86-45-23-10-24-46-86)113-72-93(73-114(123)115(113)119)91-68-89(80-37-15-6-16-38-80)67-90(69-91)81-39-17-7-18-40-81/h4-77H,1-3H3/i25D,26D,27D,28D,29D,31D,32D,47D,48D,49D,50D,51D,52D,53D,54D. The summed E-state index contributed by atoms with van der Waals surface area (Å²) in [6.45, 7) is 5.83. The lowest BCUT2D eigenvalue weighted by Gasteiger charge is -2.46. The maximum Gasteiger partial charge on any atom is 0.252 e. The van der Waals surface area contributed by atoms with Gasteiger partial charge in [-0.1, -0.05) is 366 Å². The van der Waals surface area contributed by atoms with Crippen molar-refractivity contribution in [2.24, 2.45) is 0 Å². The zero-order valence-corrected chi connectivity index (χ0v) is 67.4. The van der Waals surface area contributed by atoms with Crippen LogP contribution >= 0.6 is 0 Å². The summed E-state index contributed by atoms with van der Waals surface area (Å²) in [4.78, 5) is 4.76. The van der Waals surface area contributed by atoms with Crippen LogP contribution in [0.3, 0.4) is 0 Å². The lowest BCUT2D eigenvalue weighted by molar-refractivity contribution is 0.591. The Bertz CT molecular complexity index is 8340. The molecular weight excluding hydrogens is 1480 g/mol. The first-order valence-electron chi connectivity index (χ1n) is 49.1. The van der Waals surface area contributed by atoms with Crippen LogP contribution in [0.25, 0.3) is 166 Å². The summed E-state index contributed by atoms with van der Waals surface area (Å²) in [6.07, 6.45) is 0. The molecule has 0 unspecified atom stereocenters. The Labute approximate surface area is 739 Å². The normalized spacial score (nSPS) is 14.0. The largest absolute Gasteiger partial charge is 0.310 e. The minimum absolute atomic E-state index is 0.00466. The number of anilines is 6. The van der Waals surface area contributed by atoms with Gasteiger partial charge in [-0.15, -0.1) is 0 Å². The summed E-state index contributed by atoms with van der Waals surface area (Å²) < 4.78 is 149. The highest BCUT2D eigenvalue weighted by Gasteiger charge is 2.46. The number of para-hydroxylation sites is 4. The highest BCUT2D eigenvalue weighted by Crippen LogP contribution is 2.57. The number of rotatable bonds is 14. The fourth-order valence-corrected chi connectivity index (χ4v) is 18.7. The lowest BCUT2D eigenvalue weighted by Crippen LogP contribution is -2.61. The molecule has 0 saturated carbocycles. The van der Waals surface area contributed by atoms with Crippen LogP contribution in [0, 0.1) is 0 Å². The van der Waals surface area contributed by atoms with Crippen LogP contribution in [0.15, 0.2) is 449 Å². The molecule has 0 bridgehead atoms. The summed E-state index contributed by atoms with van der Waals surface area (Å²) in [7, 11) is 0. The molecule has 5 heteroatoms. The molecule has 0 N–H and O–H groups in total. The Morgan fingerprint density at radius 3 is 0.870 bits per heavy atom. The molecule has 0 aliphatic carbocycles. The molecule has 4 heterocycles. The Kier molecular flexibility index (Phi) is 14.1. The molecule has 19 aromatic carbocycles. The summed E-state index contributed by atoms with van der Waals surface area (Å²) in [5.41, 5.74) is 25.5. The van der Waals surface area contributed by atoms with Gasteiger partial charge in [0.15, 0.2) is 0 Å². The van der Waals surface area contributed by atoms with Crippen molar-refractivity contribution in [3.63, 3.8) is 0 Å². The first-order valence-corrected chi connectivity index (χ1v) is 41.6. The minimum atomic E-state index is -0.846. The second kappa shape index (κ2) is 29.8. The number of benzene rings is 19. The molecule has 23 rings (SSSR count). The van der Waals surface area contributed by atoms with Crippen LogP contribution in [0.5, 0.6) is 0 Å². The maximum absolute atomic E-state index is 10.1. The highest BCUT2D eigenvalue weighted by molar-refractivity contribution is 7.00. The first kappa shape index (κ1) is 58.3. The zero-order valence-electron chi connectivity index (χ0n) is 82.4. The summed E-state index contributed by atoms with van der Waals surface area (Å²) >= 11 is 0. The fourth-order valence-electron chi connectivity index (χ4n) is 18.7. The average molecular weight is 1580 g/mol. The van der Waals surface area contributed by atoms with Crippen molar-refractivity contribution in [1.29, 1.82) is 0 Å². The lowest BCUT2D eigenvalue weighted by atomic mass is 9.33. The summed E-state index contributed by atoms with van der Waals surface area (Å²) in [6, 6.07) is 117. The summed E-state index contributed by atoms with van der Waals surface area (Å²) in [5, 5.41) is -0.163. The fraction of sp³-hybridized carbons (Fsp3) is 0.0339. The topological polar surface area (TPSA) is 16.3 Å². The quantitative estimate of drug-likeness (QED) is 0.101. The smallest absolute Gasteiger partial charge is 0.252 e. The Morgan fingerprint density at radius 2 is 0.504 bits per heavy atom. The second-order valence-electron chi connectivity index (χ2n) is 32.7. The van der Waals surface area contributed by atoms with Crippen LogP contribution in [0.2, 0.25) is 0 Å². The molecule has 123 heavy (non-hydrogen) atoms. The molecule has 0 amide bonds. The van der Waals surface area contributed by atoms with Crippen LogP contribution in [0.4, 0.5) is 34.1 Å². The van der Waals surface area contributed by atoms with E-state index in [0.717, 1.165) is 145 Å². The van der Waals surface area contributed by atoms with Gasteiger partial charge in [-0.2, -0.15) is 0 Å². The highest BCUT2D eigenvalue weighted by atomic mass is 15.2. The molecule has 2 aliphatic rings. The van der Waals surface area contributed by atoms with Gasteiger partial charge >= 0.3 is 0 Å². The van der Waals surface area contributed by atoms with E-state index in [2.05, 4.69) is 231 Å². The van der Waals surface area contributed by atoms with Crippen LogP contribution in [0.1, 0.15) is 46.9 Å². The van der Waals surface area contributed by atoms with Crippen LogP contribution in [-0.4, -0.2) is 15.8 Å². The van der Waals surface area contributed by atoms with E-state index in [9.17, 15) is 20.6 Å². The first-order chi connectivity index (χ1) is 66.9. The van der Waals surface area contributed by atoms with Crippen molar-refractivity contribution in [2.75, 3.05) is 9.80 Å². The number of fused-ring (bicyclic) bond motifs is 10. The van der Waals surface area contributed by atoms with Gasteiger partial charge in [-0.25, -0.2) is 0 Å². The van der Waals surface area contributed by atoms with Crippen LogP contribution in [-0.2, 0) is 5.41 Å². The van der Waals surface area contributed by atoms with Crippen LogP contribution < -0.4 is 26.2 Å². The van der Waals surface area contributed by atoms with E-state index in [1.165, 1.54) is 6.07 Å². The van der Waals surface area contributed by atoms with E-state index >= 15 is 0 Å². The van der Waals surface area contributed by atoms with Crippen molar-refractivity contribution >= 4 is 101 Å². The Morgan fingerprint density at radius 1 is 0.228 bits per heavy atom. The second-order valence-corrected chi connectivity index (χ2v) is 32.7. The third-order valence-electron chi connectivity index (χ3n) is 24.6. The molecule has 0 saturated heterocycles. The van der Waals surface area contributed by atoms with Crippen molar-refractivity contribution in [3.05, 3.63) is 454 Å². The van der Waals surface area contributed by atoms with Gasteiger partial charge in [0.1, 0.15) is 0 Å². The van der Waals surface area contributed by atoms with Crippen molar-refractivity contribution in [2.45, 2.75) is 26.2 Å². The van der Waals surface area contributed by atoms with Gasteiger partial charge < -0.3 is 18.9 Å². The molecule has 4 nitrogen and oxygen atoms in total. The molecule has 0 spiro atoms. The molecule has 0 fully saturated rings. The average Bonchev–Trinajstić information content (AvgIpc) is 1.46. The van der Waals surface area contributed by atoms with E-state index in [4.69, 9.17) is 0 Å². The maximum atomic E-state index is 10.1. The molecular formula is C118H83BN4. The van der Waals surface area contributed by atoms with E-state index < -0.39 is 84.6 Å². The van der Waals surface area contributed by atoms with Gasteiger partial charge in [-0.05, 0) is 219 Å². The van der Waals surface area contributed by atoms with E-state index in [0.29, 0.717) is 34.1 Å². The Hall–Kier alpha value is -15.6. The molecule has 2 aromatic heterocycles. The minimum Gasteiger partial charge on any atom is -0.310 e. The van der Waals surface area contributed by atoms with E-state index in [1.54, 1.807) is 9.13 Å². The SMILES string of the molecule is [2H]c1cc([2H])c2c(c1[2H])c1c([2H])c([2H])c([2H])c([2H])c1n2-c1ccc2c(c1)N(c1c(-c3ccccc3)cc(-c3ccccc3)cc1-c1ccccc1)c1cc(-c3cc(-c4ccccc4)cc(-c4ccccc4)c3)cc3c1B2c1ccc(-n2c4c([2H])c([2H])c([2H])c([2H])c4c4c([2H])c([2H])c([2H])c([2H])c42)cc1N3c1c(-c2ccc(-c3ccccc3)cc2)cc(C(C)(C)C)cc1-c1ccc(-c2ccccc2)cc1. The number of aromatic nitrogens is 2. The van der Waals surface area contributed by atoms with Crippen molar-refractivity contribution in [1.82, 2.24) is 9.13 Å². The number of hydrogen-bond acceptors (Lipinski definition) is 2. The third kappa shape index (κ3) is 12.5. The molecule has 0 radical (unpaired) electrons. The Balaban J connectivity index is 0.950. The van der Waals surface area contributed by atoms with Gasteiger partial charge in [0.25, 0.3) is 6.71 Å². The zero-order chi connectivity index (χ0) is 94.9. The monoisotopic (exact) mass is 1580 g/mol. The van der Waals surface area contributed by atoms with E-state index in [1.807, 2.05) is 152 Å². The molecule has 21 aromatic rings. The predicted octanol–water partition coefficient (Wildman–Crippen LogP) is 29.9. The van der Waals surface area contributed by atoms with Gasteiger partial charge in [0, 0.05) is 77.9 Å². The third-order valence-corrected chi connectivity index (χ3v) is 24.6. The van der Waals surface area contributed by atoms with E-state index in [-0.39, 0.29) is 61.7 Å². The number of nitrogens with zero attached hydrogens (tertiary/aromatic N) is 4. The van der Waals surface area contributed by atoms with Gasteiger partial charge in [-0.3, -0.25) is 0 Å². The summed E-state index contributed by atoms with van der Waals surface area (Å²) in [5.74, 6) is 0.